The predicted molar refractivity (Wildman–Crippen MR) is 87.4 cm³/mol. The van der Waals surface area contributed by atoms with Gasteiger partial charge in [0.25, 0.3) is 0 Å². The summed E-state index contributed by atoms with van der Waals surface area (Å²) in [7, 11) is 0. The highest BCUT2D eigenvalue weighted by atomic mass is 16.5. The molecule has 1 aromatic heterocycles. The van der Waals surface area contributed by atoms with Crippen molar-refractivity contribution in [3.63, 3.8) is 0 Å². The van der Waals surface area contributed by atoms with E-state index in [1.807, 2.05) is 24.4 Å². The van der Waals surface area contributed by atoms with Crippen LogP contribution in [0.25, 0.3) is 10.8 Å². The van der Waals surface area contributed by atoms with E-state index in [4.69, 9.17) is 10.5 Å². The van der Waals surface area contributed by atoms with Gasteiger partial charge in [0.15, 0.2) is 0 Å². The van der Waals surface area contributed by atoms with Gasteiger partial charge in [-0.3, -0.25) is 4.98 Å². The number of hydrogen-bond donors (Lipinski definition) is 1. The highest BCUT2D eigenvalue weighted by Crippen LogP contribution is 2.41. The maximum atomic E-state index is 6.35. The van der Waals surface area contributed by atoms with Crippen molar-refractivity contribution < 1.29 is 4.74 Å². The zero-order valence-electron chi connectivity index (χ0n) is 13.1. The highest BCUT2D eigenvalue weighted by molar-refractivity contribution is 5.96. The molecule has 0 saturated heterocycles. The Balaban J connectivity index is 1.90. The van der Waals surface area contributed by atoms with Gasteiger partial charge in [-0.05, 0) is 48.8 Å². The molecule has 0 radical (unpaired) electrons. The van der Waals surface area contributed by atoms with E-state index in [2.05, 4.69) is 25.8 Å². The van der Waals surface area contributed by atoms with Crippen LogP contribution in [-0.4, -0.2) is 11.1 Å². The Hall–Kier alpha value is -1.77. The van der Waals surface area contributed by atoms with Gasteiger partial charge in [-0.2, -0.15) is 0 Å². The highest BCUT2D eigenvalue weighted by Gasteiger charge is 2.33. The third kappa shape index (κ3) is 2.97. The van der Waals surface area contributed by atoms with Crippen LogP contribution in [0.15, 0.2) is 30.6 Å². The molecule has 3 rings (SSSR count). The standard InChI is InChI=1S/C18H24N2O/c1-12-8-13(10-18(2,3)9-12)21-17-5-4-16(19)15-11-20-7-6-14(15)17/h4-7,11-13H,8-10,19H2,1-3H3. The molecule has 1 heterocycles. The molecule has 1 aromatic carbocycles. The SMILES string of the molecule is CC1CC(Oc2ccc(N)c3cnccc23)CC(C)(C)C1. The second kappa shape index (κ2) is 5.21. The first kappa shape index (κ1) is 14.2. The van der Waals surface area contributed by atoms with Crippen molar-refractivity contribution in [2.45, 2.75) is 46.1 Å². The summed E-state index contributed by atoms with van der Waals surface area (Å²) in [4.78, 5) is 4.16. The monoisotopic (exact) mass is 284 g/mol. The Morgan fingerprint density at radius 2 is 2.00 bits per heavy atom. The summed E-state index contributed by atoms with van der Waals surface area (Å²) in [6, 6.07) is 5.89. The van der Waals surface area contributed by atoms with Crippen LogP contribution in [0, 0.1) is 11.3 Å². The molecule has 1 aliphatic carbocycles. The number of anilines is 1. The third-order valence-electron chi connectivity index (χ3n) is 4.45. The zero-order valence-corrected chi connectivity index (χ0v) is 13.1. The van der Waals surface area contributed by atoms with Gasteiger partial charge in [-0.15, -0.1) is 0 Å². The van der Waals surface area contributed by atoms with E-state index < -0.39 is 0 Å². The van der Waals surface area contributed by atoms with E-state index in [1.165, 1.54) is 6.42 Å². The molecule has 1 aliphatic rings. The van der Waals surface area contributed by atoms with Gasteiger partial charge < -0.3 is 10.5 Å². The van der Waals surface area contributed by atoms with E-state index in [0.29, 0.717) is 11.3 Å². The topological polar surface area (TPSA) is 48.1 Å². The number of fused-ring (bicyclic) bond motifs is 1. The van der Waals surface area contributed by atoms with E-state index in [0.717, 1.165) is 35.1 Å². The number of aromatic nitrogens is 1. The fourth-order valence-electron chi connectivity index (χ4n) is 3.81. The van der Waals surface area contributed by atoms with Crippen molar-refractivity contribution in [2.75, 3.05) is 5.73 Å². The van der Waals surface area contributed by atoms with E-state index >= 15 is 0 Å². The number of hydrogen-bond acceptors (Lipinski definition) is 3. The van der Waals surface area contributed by atoms with Crippen molar-refractivity contribution in [1.29, 1.82) is 0 Å². The van der Waals surface area contributed by atoms with Gasteiger partial charge in [0, 0.05) is 28.9 Å². The van der Waals surface area contributed by atoms with Crippen LogP contribution in [0.2, 0.25) is 0 Å². The van der Waals surface area contributed by atoms with Gasteiger partial charge in [-0.1, -0.05) is 20.8 Å². The Morgan fingerprint density at radius 1 is 1.19 bits per heavy atom. The predicted octanol–water partition coefficient (Wildman–Crippen LogP) is 4.41. The molecular formula is C18H24N2O. The Bertz CT molecular complexity index is 651. The first-order valence-electron chi connectivity index (χ1n) is 7.73. The smallest absolute Gasteiger partial charge is 0.127 e. The lowest BCUT2D eigenvalue weighted by Gasteiger charge is -2.39. The van der Waals surface area contributed by atoms with Crippen LogP contribution in [0.3, 0.4) is 0 Å². The second-order valence-electron chi connectivity index (χ2n) is 7.23. The molecule has 0 spiro atoms. The van der Waals surface area contributed by atoms with Crippen molar-refractivity contribution in [3.8, 4) is 5.75 Å². The average Bonchev–Trinajstić information content (AvgIpc) is 2.40. The van der Waals surface area contributed by atoms with Crippen molar-refractivity contribution in [2.24, 2.45) is 11.3 Å². The Labute approximate surface area is 126 Å². The summed E-state index contributed by atoms with van der Waals surface area (Å²) < 4.78 is 6.35. The molecule has 0 amide bonds. The molecule has 1 saturated carbocycles. The fraction of sp³-hybridized carbons (Fsp3) is 0.500. The maximum absolute atomic E-state index is 6.35. The maximum Gasteiger partial charge on any atom is 0.127 e. The minimum atomic E-state index is 0.281. The van der Waals surface area contributed by atoms with Crippen molar-refractivity contribution >= 4 is 16.5 Å². The largest absolute Gasteiger partial charge is 0.490 e. The van der Waals surface area contributed by atoms with Gasteiger partial charge >= 0.3 is 0 Å². The van der Waals surface area contributed by atoms with E-state index in [1.54, 1.807) is 6.20 Å². The molecule has 2 atom stereocenters. The number of pyridine rings is 1. The minimum absolute atomic E-state index is 0.281. The molecule has 3 heteroatoms. The summed E-state index contributed by atoms with van der Waals surface area (Å²) in [5, 5.41) is 2.03. The Morgan fingerprint density at radius 3 is 2.76 bits per heavy atom. The summed E-state index contributed by atoms with van der Waals surface area (Å²) in [6.07, 6.45) is 7.39. The number of rotatable bonds is 2. The molecule has 112 valence electrons. The number of nitrogen functional groups attached to an aromatic ring is 1. The number of ether oxygens (including phenoxy) is 1. The quantitative estimate of drug-likeness (QED) is 0.831. The number of benzene rings is 1. The lowest BCUT2D eigenvalue weighted by molar-refractivity contribution is 0.0572. The van der Waals surface area contributed by atoms with Gasteiger partial charge in [0.1, 0.15) is 5.75 Å². The lowest BCUT2D eigenvalue weighted by Crippen LogP contribution is -2.34. The van der Waals surface area contributed by atoms with Crippen LogP contribution in [0.5, 0.6) is 5.75 Å². The summed E-state index contributed by atoms with van der Waals surface area (Å²) >= 11 is 0. The number of nitrogens with zero attached hydrogens (tertiary/aromatic N) is 1. The van der Waals surface area contributed by atoms with Crippen LogP contribution >= 0.6 is 0 Å². The molecule has 1 fully saturated rings. The number of nitrogens with two attached hydrogens (primary N) is 1. The van der Waals surface area contributed by atoms with Crippen LogP contribution in [0.1, 0.15) is 40.0 Å². The summed E-state index contributed by atoms with van der Waals surface area (Å²) in [6.45, 7) is 7.00. The van der Waals surface area contributed by atoms with E-state index in [9.17, 15) is 0 Å². The molecule has 2 aromatic rings. The van der Waals surface area contributed by atoms with Crippen LogP contribution in [-0.2, 0) is 0 Å². The molecule has 2 N–H and O–H groups in total. The second-order valence-corrected chi connectivity index (χ2v) is 7.23. The lowest BCUT2D eigenvalue weighted by atomic mass is 9.71. The normalized spacial score (nSPS) is 24.9. The molecular weight excluding hydrogens is 260 g/mol. The van der Waals surface area contributed by atoms with Crippen LogP contribution in [0.4, 0.5) is 5.69 Å². The van der Waals surface area contributed by atoms with Crippen molar-refractivity contribution in [1.82, 2.24) is 4.98 Å². The van der Waals surface area contributed by atoms with E-state index in [-0.39, 0.29) is 6.10 Å². The third-order valence-corrected chi connectivity index (χ3v) is 4.45. The van der Waals surface area contributed by atoms with Gasteiger partial charge in [0.2, 0.25) is 0 Å². The Kier molecular flexibility index (Phi) is 3.52. The first-order chi connectivity index (χ1) is 9.94. The van der Waals surface area contributed by atoms with Gasteiger partial charge in [-0.25, -0.2) is 0 Å². The van der Waals surface area contributed by atoms with Crippen molar-refractivity contribution in [3.05, 3.63) is 30.6 Å². The summed E-state index contributed by atoms with van der Waals surface area (Å²) in [5.41, 5.74) is 7.14. The van der Waals surface area contributed by atoms with Gasteiger partial charge in [0.05, 0.1) is 6.10 Å². The first-order valence-corrected chi connectivity index (χ1v) is 7.73. The fourth-order valence-corrected chi connectivity index (χ4v) is 3.81. The molecule has 3 nitrogen and oxygen atoms in total. The molecule has 21 heavy (non-hydrogen) atoms. The zero-order chi connectivity index (χ0) is 15.0. The molecule has 0 bridgehead atoms. The molecule has 2 unspecified atom stereocenters. The summed E-state index contributed by atoms with van der Waals surface area (Å²) in [5.74, 6) is 1.64. The average molecular weight is 284 g/mol. The molecule has 0 aliphatic heterocycles. The van der Waals surface area contributed by atoms with Crippen LogP contribution < -0.4 is 10.5 Å². The minimum Gasteiger partial charge on any atom is -0.490 e.